The summed E-state index contributed by atoms with van der Waals surface area (Å²) in [6, 6.07) is 5.37. The van der Waals surface area contributed by atoms with Crippen LogP contribution in [-0.2, 0) is 0 Å². The number of hydrogen-bond donors (Lipinski definition) is 1. The summed E-state index contributed by atoms with van der Waals surface area (Å²) < 4.78 is 10.2. The Morgan fingerprint density at radius 3 is 3.00 bits per heavy atom. The molecule has 0 saturated carbocycles. The van der Waals surface area contributed by atoms with Crippen LogP contribution in [0.2, 0.25) is 0 Å². The number of nitrogens with zero attached hydrogens (tertiary/aromatic N) is 1. The Morgan fingerprint density at radius 1 is 1.57 bits per heavy atom. The van der Waals surface area contributed by atoms with E-state index in [1.165, 1.54) is 0 Å². The third-order valence-electron chi connectivity index (χ3n) is 1.82. The van der Waals surface area contributed by atoms with Gasteiger partial charge in [-0.25, -0.2) is 0 Å². The largest absolute Gasteiger partial charge is 0.465 e. The molecule has 72 valence electrons. The van der Waals surface area contributed by atoms with Gasteiger partial charge in [0.15, 0.2) is 11.6 Å². The number of aromatic nitrogens is 1. The summed E-state index contributed by atoms with van der Waals surface area (Å²) in [5.41, 5.74) is 6.35. The lowest BCUT2D eigenvalue weighted by molar-refractivity contribution is 0.413. The first-order valence-corrected chi connectivity index (χ1v) is 4.20. The zero-order valence-electron chi connectivity index (χ0n) is 7.73. The highest BCUT2D eigenvalue weighted by molar-refractivity contribution is 5.76. The topological polar surface area (TPSA) is 65.2 Å². The number of hydrogen-bond acceptors (Lipinski definition) is 4. The molecule has 0 unspecified atom stereocenters. The van der Waals surface area contributed by atoms with Crippen molar-refractivity contribution in [3.8, 4) is 0 Å². The van der Waals surface area contributed by atoms with Gasteiger partial charge < -0.3 is 14.7 Å². The summed E-state index contributed by atoms with van der Waals surface area (Å²) in [6.45, 7) is 1.91. The molecule has 0 atom stereocenters. The van der Waals surface area contributed by atoms with Crippen molar-refractivity contribution in [2.24, 2.45) is 0 Å². The molecule has 2 rings (SSSR count). The number of nitrogens with two attached hydrogens (primary N) is 1. The van der Waals surface area contributed by atoms with E-state index < -0.39 is 0 Å². The molecule has 2 heterocycles. The summed E-state index contributed by atoms with van der Waals surface area (Å²) in [5.74, 6) is 1.81. The van der Waals surface area contributed by atoms with Crippen LogP contribution in [0.3, 0.4) is 0 Å². The molecule has 0 radical (unpaired) electrons. The SMILES string of the molecule is C/C(=C/c1ccco1)c1cc(N)no1. The maximum atomic E-state index is 5.43. The molecular formula is C10H10N2O2. The van der Waals surface area contributed by atoms with Crippen LogP contribution in [0.1, 0.15) is 18.4 Å². The van der Waals surface area contributed by atoms with Crippen LogP contribution in [0.15, 0.2) is 33.4 Å². The van der Waals surface area contributed by atoms with E-state index in [0.29, 0.717) is 11.6 Å². The minimum atomic E-state index is 0.382. The molecular weight excluding hydrogens is 180 g/mol. The Bertz CT molecular complexity index is 440. The van der Waals surface area contributed by atoms with Crippen molar-refractivity contribution in [1.29, 1.82) is 0 Å². The molecule has 0 spiro atoms. The molecule has 2 N–H and O–H groups in total. The molecule has 2 aromatic heterocycles. The average Bonchev–Trinajstić information content (AvgIpc) is 2.75. The minimum absolute atomic E-state index is 0.382. The molecule has 0 aliphatic heterocycles. The zero-order valence-corrected chi connectivity index (χ0v) is 7.73. The van der Waals surface area contributed by atoms with Crippen molar-refractivity contribution < 1.29 is 8.94 Å². The molecule has 0 aliphatic carbocycles. The Labute approximate surface area is 81.0 Å². The van der Waals surface area contributed by atoms with Gasteiger partial charge in [-0.1, -0.05) is 5.16 Å². The van der Waals surface area contributed by atoms with E-state index in [-0.39, 0.29) is 0 Å². The lowest BCUT2D eigenvalue weighted by atomic mass is 10.2. The van der Waals surface area contributed by atoms with E-state index in [2.05, 4.69) is 5.16 Å². The van der Waals surface area contributed by atoms with Gasteiger partial charge in [0.2, 0.25) is 0 Å². The van der Waals surface area contributed by atoms with Crippen molar-refractivity contribution >= 4 is 17.5 Å². The second-order valence-corrected chi connectivity index (χ2v) is 2.96. The van der Waals surface area contributed by atoms with Crippen LogP contribution in [0.25, 0.3) is 11.6 Å². The van der Waals surface area contributed by atoms with Crippen LogP contribution in [0, 0.1) is 0 Å². The summed E-state index contributed by atoms with van der Waals surface area (Å²) in [4.78, 5) is 0. The van der Waals surface area contributed by atoms with Gasteiger partial charge in [-0.3, -0.25) is 0 Å². The number of anilines is 1. The molecule has 14 heavy (non-hydrogen) atoms. The van der Waals surface area contributed by atoms with Crippen molar-refractivity contribution in [3.05, 3.63) is 36.0 Å². The van der Waals surface area contributed by atoms with Gasteiger partial charge in [-0.2, -0.15) is 0 Å². The Hall–Kier alpha value is -1.97. The highest BCUT2D eigenvalue weighted by Gasteiger charge is 2.03. The van der Waals surface area contributed by atoms with Crippen molar-refractivity contribution in [3.63, 3.8) is 0 Å². The fraction of sp³-hybridized carbons (Fsp3) is 0.100. The molecule has 4 heteroatoms. The smallest absolute Gasteiger partial charge is 0.167 e. The normalized spacial score (nSPS) is 11.9. The molecule has 4 nitrogen and oxygen atoms in total. The Balaban J connectivity index is 2.28. The Morgan fingerprint density at radius 2 is 2.43 bits per heavy atom. The lowest BCUT2D eigenvalue weighted by Crippen LogP contribution is -1.80. The van der Waals surface area contributed by atoms with Crippen LogP contribution in [0.5, 0.6) is 0 Å². The molecule has 0 aromatic carbocycles. The number of rotatable bonds is 2. The highest BCUT2D eigenvalue weighted by Crippen LogP contribution is 2.19. The predicted molar refractivity (Wildman–Crippen MR) is 53.2 cm³/mol. The monoisotopic (exact) mass is 190 g/mol. The lowest BCUT2D eigenvalue weighted by Gasteiger charge is -1.91. The van der Waals surface area contributed by atoms with Crippen molar-refractivity contribution in [2.75, 3.05) is 5.73 Å². The third-order valence-corrected chi connectivity index (χ3v) is 1.82. The molecule has 0 saturated heterocycles. The maximum Gasteiger partial charge on any atom is 0.167 e. The van der Waals surface area contributed by atoms with Gasteiger partial charge in [0.25, 0.3) is 0 Å². The number of allylic oxidation sites excluding steroid dienone is 1. The molecule has 0 amide bonds. The summed E-state index contributed by atoms with van der Waals surface area (Å²) in [5, 5.41) is 3.60. The molecule has 0 bridgehead atoms. The predicted octanol–water partition coefficient (Wildman–Crippen LogP) is 2.41. The second kappa shape index (κ2) is 3.41. The van der Waals surface area contributed by atoms with Gasteiger partial charge in [-0.15, -0.1) is 0 Å². The van der Waals surface area contributed by atoms with E-state index >= 15 is 0 Å². The van der Waals surface area contributed by atoms with E-state index in [1.807, 2.05) is 25.1 Å². The second-order valence-electron chi connectivity index (χ2n) is 2.96. The number of nitrogen functional groups attached to an aromatic ring is 1. The molecule has 0 aliphatic rings. The molecule has 2 aromatic rings. The first-order valence-electron chi connectivity index (χ1n) is 4.20. The van der Waals surface area contributed by atoms with Gasteiger partial charge >= 0.3 is 0 Å². The van der Waals surface area contributed by atoms with E-state index in [1.54, 1.807) is 12.3 Å². The van der Waals surface area contributed by atoms with Crippen LogP contribution < -0.4 is 5.73 Å². The average molecular weight is 190 g/mol. The Kier molecular flexibility index (Phi) is 2.10. The highest BCUT2D eigenvalue weighted by atomic mass is 16.5. The van der Waals surface area contributed by atoms with E-state index in [0.717, 1.165) is 11.3 Å². The quantitative estimate of drug-likeness (QED) is 0.789. The van der Waals surface area contributed by atoms with E-state index in [4.69, 9.17) is 14.7 Å². The van der Waals surface area contributed by atoms with Crippen LogP contribution >= 0.6 is 0 Å². The summed E-state index contributed by atoms with van der Waals surface area (Å²) in [6.07, 6.45) is 3.48. The first kappa shape index (κ1) is 8.62. The standard InChI is InChI=1S/C10H10N2O2/c1-7(5-8-3-2-4-13-8)9-6-10(11)12-14-9/h2-6H,1H3,(H2,11,12)/b7-5-. The summed E-state index contributed by atoms with van der Waals surface area (Å²) in [7, 11) is 0. The van der Waals surface area contributed by atoms with Gasteiger partial charge in [-0.05, 0) is 30.7 Å². The van der Waals surface area contributed by atoms with Gasteiger partial charge in [0.1, 0.15) is 5.76 Å². The molecule has 0 fully saturated rings. The summed E-state index contributed by atoms with van der Waals surface area (Å²) >= 11 is 0. The van der Waals surface area contributed by atoms with Crippen LogP contribution in [0.4, 0.5) is 5.82 Å². The van der Waals surface area contributed by atoms with Gasteiger partial charge in [0, 0.05) is 6.07 Å². The first-order chi connectivity index (χ1) is 6.75. The van der Waals surface area contributed by atoms with Gasteiger partial charge in [0.05, 0.1) is 6.26 Å². The van der Waals surface area contributed by atoms with Crippen LogP contribution in [-0.4, -0.2) is 5.16 Å². The van der Waals surface area contributed by atoms with Crippen molar-refractivity contribution in [1.82, 2.24) is 5.16 Å². The zero-order chi connectivity index (χ0) is 9.97. The number of furan rings is 1. The van der Waals surface area contributed by atoms with Crippen molar-refractivity contribution in [2.45, 2.75) is 6.92 Å². The van der Waals surface area contributed by atoms with E-state index in [9.17, 15) is 0 Å². The maximum absolute atomic E-state index is 5.43. The minimum Gasteiger partial charge on any atom is -0.465 e. The third kappa shape index (κ3) is 1.69. The fourth-order valence-corrected chi connectivity index (χ4v) is 1.13. The fourth-order valence-electron chi connectivity index (χ4n) is 1.13.